The van der Waals surface area contributed by atoms with Crippen LogP contribution in [-0.2, 0) is 0 Å². The largest absolute Gasteiger partial charge is 0.454 e. The lowest BCUT2D eigenvalue weighted by molar-refractivity contribution is 0.589. The summed E-state index contributed by atoms with van der Waals surface area (Å²) < 4.78 is 19.3. The quantitative estimate of drug-likeness (QED) is 0.713. The summed E-state index contributed by atoms with van der Waals surface area (Å²) in [5.74, 6) is -0.185. The van der Waals surface area contributed by atoms with Gasteiger partial charge in [0.2, 0.25) is 5.95 Å². The summed E-state index contributed by atoms with van der Waals surface area (Å²) in [6.45, 7) is 1.93. The van der Waals surface area contributed by atoms with Crippen LogP contribution in [-0.4, -0.2) is 9.97 Å². The summed E-state index contributed by atoms with van der Waals surface area (Å²) in [6.07, 6.45) is 1.04. The highest BCUT2D eigenvalue weighted by molar-refractivity contribution is 5.84. The molecule has 18 heavy (non-hydrogen) atoms. The molecule has 2 aromatic heterocycles. The molecule has 2 heterocycles. The van der Waals surface area contributed by atoms with E-state index >= 15 is 0 Å². The summed E-state index contributed by atoms with van der Waals surface area (Å²) in [5, 5.41) is 0.904. The van der Waals surface area contributed by atoms with Gasteiger partial charge in [-0.1, -0.05) is 18.2 Å². The van der Waals surface area contributed by atoms with Gasteiger partial charge in [0, 0.05) is 5.39 Å². The first-order valence-electron chi connectivity index (χ1n) is 5.42. The Morgan fingerprint density at radius 3 is 2.94 bits per heavy atom. The second-order valence-electron chi connectivity index (χ2n) is 4.03. The first-order chi connectivity index (χ1) is 8.65. The lowest BCUT2D eigenvalue weighted by Crippen LogP contribution is -1.98. The Morgan fingerprint density at radius 2 is 2.17 bits per heavy atom. The van der Waals surface area contributed by atoms with E-state index in [4.69, 9.17) is 10.2 Å². The van der Waals surface area contributed by atoms with Crippen LogP contribution in [0.4, 0.5) is 10.3 Å². The van der Waals surface area contributed by atoms with Gasteiger partial charge in [0.1, 0.15) is 11.3 Å². The molecule has 0 unspecified atom stereocenters. The van der Waals surface area contributed by atoms with Gasteiger partial charge >= 0.3 is 0 Å². The van der Waals surface area contributed by atoms with E-state index in [1.165, 1.54) is 0 Å². The molecule has 1 aromatic carbocycles. The number of nitrogens with two attached hydrogens (primary N) is 1. The van der Waals surface area contributed by atoms with E-state index in [9.17, 15) is 4.39 Å². The molecule has 2 N–H and O–H groups in total. The predicted octanol–water partition coefficient (Wildman–Crippen LogP) is 2.92. The van der Waals surface area contributed by atoms with Crippen molar-refractivity contribution in [3.8, 4) is 11.5 Å². The molecule has 4 nitrogen and oxygen atoms in total. The fraction of sp³-hybridized carbons (Fsp3) is 0.0769. The van der Waals surface area contributed by atoms with Crippen LogP contribution >= 0.6 is 0 Å². The third kappa shape index (κ3) is 1.60. The number of para-hydroxylation sites is 1. The van der Waals surface area contributed by atoms with Crippen LogP contribution in [0.25, 0.3) is 22.4 Å². The molecule has 0 spiro atoms. The van der Waals surface area contributed by atoms with Crippen molar-refractivity contribution < 1.29 is 8.81 Å². The van der Waals surface area contributed by atoms with Crippen molar-refractivity contribution in [3.05, 3.63) is 41.8 Å². The Bertz CT molecular complexity index is 736. The second kappa shape index (κ2) is 3.80. The van der Waals surface area contributed by atoms with E-state index in [0.29, 0.717) is 5.76 Å². The number of nitrogen functional groups attached to an aromatic ring is 1. The molecule has 0 atom stereocenters. The number of fused-ring (bicyclic) bond motifs is 1. The average Bonchev–Trinajstić information content (AvgIpc) is 2.77. The monoisotopic (exact) mass is 243 g/mol. The van der Waals surface area contributed by atoms with E-state index in [0.717, 1.165) is 22.7 Å². The van der Waals surface area contributed by atoms with Gasteiger partial charge in [0.25, 0.3) is 0 Å². The standard InChI is InChI=1S/C13H10FN3O/c1-7-3-2-4-8-5-10(18-12(7)8)11-9(14)6-16-13(15)17-11/h2-6H,1H3,(H2,15,16,17). The molecule has 0 fully saturated rings. The molecular weight excluding hydrogens is 233 g/mol. The smallest absolute Gasteiger partial charge is 0.220 e. The third-order valence-electron chi connectivity index (χ3n) is 2.74. The van der Waals surface area contributed by atoms with Gasteiger partial charge in [-0.2, -0.15) is 0 Å². The second-order valence-corrected chi connectivity index (χ2v) is 4.03. The molecule has 0 aliphatic heterocycles. The maximum absolute atomic E-state index is 13.6. The first kappa shape index (κ1) is 10.7. The molecule has 0 radical (unpaired) electrons. The van der Waals surface area contributed by atoms with Crippen LogP contribution in [0, 0.1) is 12.7 Å². The summed E-state index contributed by atoms with van der Waals surface area (Å²) in [7, 11) is 0. The molecule has 0 bridgehead atoms. The van der Waals surface area contributed by atoms with E-state index in [1.54, 1.807) is 6.07 Å². The summed E-state index contributed by atoms with van der Waals surface area (Å²) in [4.78, 5) is 7.45. The van der Waals surface area contributed by atoms with Gasteiger partial charge in [-0.15, -0.1) is 0 Å². The van der Waals surface area contributed by atoms with Gasteiger partial charge < -0.3 is 10.2 Å². The van der Waals surface area contributed by atoms with Crippen molar-refractivity contribution in [2.75, 3.05) is 5.73 Å². The number of nitrogens with zero attached hydrogens (tertiary/aromatic N) is 2. The molecule has 5 heteroatoms. The molecule has 0 saturated carbocycles. The van der Waals surface area contributed by atoms with E-state index in [1.807, 2.05) is 25.1 Å². The normalized spacial score (nSPS) is 11.0. The number of rotatable bonds is 1. The highest BCUT2D eigenvalue weighted by Crippen LogP contribution is 2.29. The minimum Gasteiger partial charge on any atom is -0.454 e. The molecule has 0 aliphatic rings. The lowest BCUT2D eigenvalue weighted by Gasteiger charge is -1.98. The van der Waals surface area contributed by atoms with E-state index < -0.39 is 5.82 Å². The predicted molar refractivity (Wildman–Crippen MR) is 66.3 cm³/mol. The van der Waals surface area contributed by atoms with Crippen molar-refractivity contribution in [2.45, 2.75) is 6.92 Å². The molecule has 0 saturated heterocycles. The summed E-state index contributed by atoms with van der Waals surface area (Å²) in [6, 6.07) is 7.49. The maximum atomic E-state index is 13.6. The zero-order chi connectivity index (χ0) is 12.7. The third-order valence-corrected chi connectivity index (χ3v) is 2.74. The Kier molecular flexibility index (Phi) is 2.26. The fourth-order valence-electron chi connectivity index (χ4n) is 1.88. The van der Waals surface area contributed by atoms with Crippen molar-refractivity contribution in [2.24, 2.45) is 0 Å². The van der Waals surface area contributed by atoms with Crippen molar-refractivity contribution in [1.29, 1.82) is 0 Å². The van der Waals surface area contributed by atoms with Crippen LogP contribution in [0.1, 0.15) is 5.56 Å². The Morgan fingerprint density at radius 1 is 1.33 bits per heavy atom. The fourth-order valence-corrected chi connectivity index (χ4v) is 1.88. The number of aromatic nitrogens is 2. The van der Waals surface area contributed by atoms with Crippen LogP contribution < -0.4 is 5.73 Å². The average molecular weight is 243 g/mol. The topological polar surface area (TPSA) is 64.9 Å². The number of hydrogen-bond acceptors (Lipinski definition) is 4. The zero-order valence-corrected chi connectivity index (χ0v) is 9.64. The zero-order valence-electron chi connectivity index (χ0n) is 9.64. The van der Waals surface area contributed by atoms with Gasteiger partial charge in [0.15, 0.2) is 11.6 Å². The maximum Gasteiger partial charge on any atom is 0.220 e. The highest BCUT2D eigenvalue weighted by Gasteiger charge is 2.14. The summed E-state index contributed by atoms with van der Waals surface area (Å²) in [5.41, 5.74) is 7.25. The molecule has 0 aliphatic carbocycles. The number of halogens is 1. The lowest BCUT2D eigenvalue weighted by atomic mass is 10.2. The minimum atomic E-state index is -0.555. The van der Waals surface area contributed by atoms with Crippen molar-refractivity contribution in [3.63, 3.8) is 0 Å². The highest BCUT2D eigenvalue weighted by atomic mass is 19.1. The number of benzene rings is 1. The molecule has 90 valence electrons. The Hall–Kier alpha value is -2.43. The molecule has 0 amide bonds. The Balaban J connectivity index is 2.26. The van der Waals surface area contributed by atoms with Crippen molar-refractivity contribution >= 4 is 16.9 Å². The number of aryl methyl sites for hydroxylation is 1. The SMILES string of the molecule is Cc1cccc2cc(-c3nc(N)ncc3F)oc12. The Labute approximate surface area is 102 Å². The molecule has 3 aromatic rings. The van der Waals surface area contributed by atoms with Gasteiger partial charge in [0.05, 0.1) is 6.20 Å². The van der Waals surface area contributed by atoms with Crippen LogP contribution in [0.2, 0.25) is 0 Å². The van der Waals surface area contributed by atoms with Gasteiger partial charge in [-0.05, 0) is 18.6 Å². The van der Waals surface area contributed by atoms with Gasteiger partial charge in [-0.25, -0.2) is 14.4 Å². The summed E-state index contributed by atoms with van der Waals surface area (Å²) >= 11 is 0. The van der Waals surface area contributed by atoms with E-state index in [2.05, 4.69) is 9.97 Å². The number of hydrogen-bond donors (Lipinski definition) is 1. The van der Waals surface area contributed by atoms with Gasteiger partial charge in [-0.3, -0.25) is 0 Å². The van der Waals surface area contributed by atoms with Crippen LogP contribution in [0.3, 0.4) is 0 Å². The number of furan rings is 1. The van der Waals surface area contributed by atoms with Crippen LogP contribution in [0.15, 0.2) is 34.9 Å². The van der Waals surface area contributed by atoms with Crippen LogP contribution in [0.5, 0.6) is 0 Å². The molecule has 3 rings (SSSR count). The minimum absolute atomic E-state index is 0.0172. The first-order valence-corrected chi connectivity index (χ1v) is 5.42. The number of anilines is 1. The van der Waals surface area contributed by atoms with E-state index in [-0.39, 0.29) is 11.6 Å². The molecular formula is C13H10FN3O. The van der Waals surface area contributed by atoms with Crippen molar-refractivity contribution in [1.82, 2.24) is 9.97 Å².